The van der Waals surface area contributed by atoms with E-state index in [1.54, 1.807) is 12.1 Å². The molecule has 7 nitrogen and oxygen atoms in total. The molecule has 0 amide bonds. The van der Waals surface area contributed by atoms with Crippen molar-refractivity contribution >= 4 is 17.2 Å². The Morgan fingerprint density at radius 1 is 1.13 bits per heavy atom. The van der Waals surface area contributed by atoms with Gasteiger partial charge in [-0.1, -0.05) is 12.6 Å². The number of hydrogen-bond donors (Lipinski definition) is 2. The molecule has 4 rings (SSSR count). The summed E-state index contributed by atoms with van der Waals surface area (Å²) in [4.78, 5) is 6.74. The van der Waals surface area contributed by atoms with Crippen LogP contribution < -0.4 is 5.32 Å². The van der Waals surface area contributed by atoms with Crippen molar-refractivity contribution in [3.05, 3.63) is 66.1 Å². The lowest BCUT2D eigenvalue weighted by atomic mass is 10.0. The minimum Gasteiger partial charge on any atom is -0.507 e. The Bertz CT molecular complexity index is 1180. The summed E-state index contributed by atoms with van der Waals surface area (Å²) >= 11 is 0. The van der Waals surface area contributed by atoms with Gasteiger partial charge < -0.3 is 19.7 Å². The number of phenolic OH excluding ortho intramolecular Hbond substituents is 1. The van der Waals surface area contributed by atoms with E-state index in [2.05, 4.69) is 38.0 Å². The first kappa shape index (κ1) is 20.8. The molecule has 2 aromatic heterocycles. The van der Waals surface area contributed by atoms with Gasteiger partial charge in [0.05, 0.1) is 11.4 Å². The molecular weight excluding hydrogens is 388 g/mol. The van der Waals surface area contributed by atoms with Gasteiger partial charge in [0.1, 0.15) is 17.2 Å². The van der Waals surface area contributed by atoms with E-state index in [-0.39, 0.29) is 5.75 Å². The molecule has 1 aliphatic heterocycles. The van der Waals surface area contributed by atoms with Gasteiger partial charge in [0.2, 0.25) is 0 Å². The lowest BCUT2D eigenvalue weighted by Crippen LogP contribution is -2.45. The average Bonchev–Trinajstić information content (AvgIpc) is 3.16. The molecule has 0 saturated carbocycles. The highest BCUT2D eigenvalue weighted by molar-refractivity contribution is 6.10. The highest BCUT2D eigenvalue weighted by Gasteiger charge is 2.13. The van der Waals surface area contributed by atoms with Crippen LogP contribution in [-0.4, -0.2) is 57.1 Å². The van der Waals surface area contributed by atoms with Gasteiger partial charge >= 0.3 is 0 Å². The third kappa shape index (κ3) is 4.36. The molecular formula is C24H28N6O. The van der Waals surface area contributed by atoms with Gasteiger partial charge in [-0.25, -0.2) is 4.98 Å². The van der Waals surface area contributed by atoms with Crippen LogP contribution in [0.4, 0.5) is 0 Å². The van der Waals surface area contributed by atoms with Crippen molar-refractivity contribution in [3.8, 4) is 16.9 Å². The third-order valence-electron chi connectivity index (χ3n) is 5.53. The first-order valence-electron chi connectivity index (χ1n) is 10.5. The highest BCUT2D eigenvalue weighted by atomic mass is 16.3. The Morgan fingerprint density at radius 3 is 2.61 bits per heavy atom. The van der Waals surface area contributed by atoms with Crippen molar-refractivity contribution in [2.75, 3.05) is 26.2 Å². The van der Waals surface area contributed by atoms with E-state index in [0.29, 0.717) is 11.3 Å². The molecule has 0 spiro atoms. The molecule has 3 aromatic rings. The smallest absolute Gasteiger partial charge is 0.139 e. The van der Waals surface area contributed by atoms with E-state index in [1.165, 1.54) is 0 Å². The van der Waals surface area contributed by atoms with Crippen LogP contribution >= 0.6 is 0 Å². The second-order valence-electron chi connectivity index (χ2n) is 7.83. The quantitative estimate of drug-likeness (QED) is 0.387. The lowest BCUT2D eigenvalue weighted by Gasteiger charge is -2.28. The predicted octanol–water partition coefficient (Wildman–Crippen LogP) is 3.54. The summed E-state index contributed by atoms with van der Waals surface area (Å²) in [7, 11) is 0. The maximum Gasteiger partial charge on any atom is 0.139 e. The molecule has 1 aromatic carbocycles. The second kappa shape index (κ2) is 8.73. The number of hydrogen-bond acceptors (Lipinski definition) is 5. The second-order valence-corrected chi connectivity index (χ2v) is 7.83. The van der Waals surface area contributed by atoms with E-state index in [1.807, 2.05) is 49.7 Å². The summed E-state index contributed by atoms with van der Waals surface area (Å²) in [6, 6.07) is 7.68. The average molecular weight is 417 g/mol. The zero-order chi connectivity index (χ0) is 22.0. The molecule has 0 bridgehead atoms. The Morgan fingerprint density at radius 2 is 1.90 bits per heavy atom. The van der Waals surface area contributed by atoms with Crippen LogP contribution in [0.3, 0.4) is 0 Å². The lowest BCUT2D eigenvalue weighted by molar-refractivity contribution is 0.355. The van der Waals surface area contributed by atoms with Crippen LogP contribution in [0.15, 0.2) is 59.5 Å². The normalized spacial score (nSPS) is 15.5. The fraction of sp³-hybridized carbons (Fsp3) is 0.292. The predicted molar refractivity (Wildman–Crippen MR) is 126 cm³/mol. The van der Waals surface area contributed by atoms with Gasteiger partial charge in [-0.2, -0.15) is 0 Å². The minimum atomic E-state index is 0.144. The van der Waals surface area contributed by atoms with Crippen molar-refractivity contribution in [1.29, 1.82) is 0 Å². The van der Waals surface area contributed by atoms with Crippen molar-refractivity contribution in [3.63, 3.8) is 0 Å². The van der Waals surface area contributed by atoms with Crippen molar-refractivity contribution in [2.45, 2.75) is 20.8 Å². The summed E-state index contributed by atoms with van der Waals surface area (Å²) in [5, 5.41) is 22.8. The highest BCUT2D eigenvalue weighted by Crippen LogP contribution is 2.29. The molecule has 7 heteroatoms. The van der Waals surface area contributed by atoms with Crippen LogP contribution in [0.5, 0.6) is 5.75 Å². The monoisotopic (exact) mass is 416 g/mol. The molecule has 3 heterocycles. The van der Waals surface area contributed by atoms with Crippen LogP contribution in [0.1, 0.15) is 23.7 Å². The standard InChI is InChI=1S/C24H28N6O/c1-5-22(28-27-18(4)29-10-8-25-9-11-29)21-7-6-19(13-23(21)31)20-12-16(2)24-26-17(3)14-30(24)15-20/h5-7,12-15,25,31H,1,8-11H2,2-4H3/b27-18+,28-22+. The van der Waals surface area contributed by atoms with Crippen LogP contribution in [0.25, 0.3) is 16.8 Å². The topological polar surface area (TPSA) is 77.5 Å². The number of benzene rings is 1. The number of aromatic nitrogens is 2. The van der Waals surface area contributed by atoms with E-state index >= 15 is 0 Å². The van der Waals surface area contributed by atoms with Crippen molar-refractivity contribution in [1.82, 2.24) is 19.6 Å². The Kier molecular flexibility index (Phi) is 5.86. The third-order valence-corrected chi connectivity index (χ3v) is 5.53. The summed E-state index contributed by atoms with van der Waals surface area (Å²) in [6.45, 7) is 13.5. The van der Waals surface area contributed by atoms with Crippen molar-refractivity contribution < 1.29 is 5.11 Å². The molecule has 1 saturated heterocycles. The van der Waals surface area contributed by atoms with Gasteiger partial charge in [0.25, 0.3) is 0 Å². The van der Waals surface area contributed by atoms with Crippen LogP contribution in [0, 0.1) is 13.8 Å². The number of imidazole rings is 1. The van der Waals surface area contributed by atoms with Crippen LogP contribution in [0.2, 0.25) is 0 Å². The number of nitrogens with one attached hydrogen (secondary N) is 1. The van der Waals surface area contributed by atoms with E-state index in [4.69, 9.17) is 0 Å². The van der Waals surface area contributed by atoms with Gasteiger partial charge in [0.15, 0.2) is 0 Å². The summed E-state index contributed by atoms with van der Waals surface area (Å²) in [6.07, 6.45) is 5.65. The number of piperazine rings is 1. The first-order valence-corrected chi connectivity index (χ1v) is 10.5. The molecule has 1 fully saturated rings. The summed E-state index contributed by atoms with van der Waals surface area (Å²) in [5.74, 6) is 1.00. The molecule has 0 radical (unpaired) electrons. The van der Waals surface area contributed by atoms with Gasteiger partial charge in [-0.3, -0.25) is 0 Å². The molecule has 0 aliphatic carbocycles. The molecule has 0 atom stereocenters. The number of phenols is 1. The van der Waals surface area contributed by atoms with Crippen LogP contribution in [-0.2, 0) is 0 Å². The summed E-state index contributed by atoms with van der Waals surface area (Å²) in [5.41, 5.74) is 6.07. The number of nitrogens with zero attached hydrogens (tertiary/aromatic N) is 5. The maximum absolute atomic E-state index is 10.7. The van der Waals surface area contributed by atoms with E-state index in [9.17, 15) is 5.11 Å². The number of allylic oxidation sites excluding steroid dienone is 1. The number of fused-ring (bicyclic) bond motifs is 1. The fourth-order valence-electron chi connectivity index (χ4n) is 3.86. The number of rotatable bonds is 4. The zero-order valence-electron chi connectivity index (χ0n) is 18.3. The Balaban J connectivity index is 1.63. The van der Waals surface area contributed by atoms with Gasteiger partial charge in [-0.05, 0) is 61.7 Å². The number of pyridine rings is 1. The summed E-state index contributed by atoms with van der Waals surface area (Å²) < 4.78 is 2.02. The number of aryl methyl sites for hydroxylation is 2. The van der Waals surface area contributed by atoms with Gasteiger partial charge in [0, 0.05) is 44.1 Å². The van der Waals surface area contributed by atoms with Gasteiger partial charge in [-0.15, -0.1) is 10.2 Å². The molecule has 160 valence electrons. The molecule has 0 unspecified atom stereocenters. The first-order chi connectivity index (χ1) is 15.0. The van der Waals surface area contributed by atoms with E-state index < -0.39 is 0 Å². The largest absolute Gasteiger partial charge is 0.507 e. The fourth-order valence-corrected chi connectivity index (χ4v) is 3.86. The van der Waals surface area contributed by atoms with E-state index in [0.717, 1.165) is 60.0 Å². The van der Waals surface area contributed by atoms with Crippen molar-refractivity contribution in [2.24, 2.45) is 10.2 Å². The SMILES string of the molecule is C=C/C(=N\N=C(/C)N1CCNCC1)c1ccc(-c2cc(C)c3nc(C)cn3c2)cc1O. The molecule has 2 N–H and O–H groups in total. The maximum atomic E-state index is 10.7. The molecule has 1 aliphatic rings. The molecule has 31 heavy (non-hydrogen) atoms. The minimum absolute atomic E-state index is 0.144. The Hall–Kier alpha value is -3.45. The zero-order valence-corrected chi connectivity index (χ0v) is 18.3. The number of amidine groups is 1. The number of aromatic hydroxyl groups is 1. The Labute approximate surface area is 182 Å².